The number of nitrogens with zero attached hydrogens (tertiary/aromatic N) is 4. The molecule has 2 aromatic heterocycles. The number of nitrogens with one attached hydrogen (secondary N) is 1. The van der Waals surface area contributed by atoms with Gasteiger partial charge in [-0.3, -0.25) is 9.89 Å². The van der Waals surface area contributed by atoms with E-state index in [1.165, 1.54) is 0 Å². The molecule has 26 heavy (non-hydrogen) atoms. The van der Waals surface area contributed by atoms with E-state index in [0.717, 1.165) is 41.9 Å². The number of ether oxygens (including phenoxy) is 1. The Bertz CT molecular complexity index is 906. The Balaban J connectivity index is 1.46. The quantitative estimate of drug-likeness (QED) is 0.780. The summed E-state index contributed by atoms with van der Waals surface area (Å²) < 4.78 is 5.17. The van der Waals surface area contributed by atoms with Crippen LogP contribution in [-0.4, -0.2) is 51.2 Å². The molecule has 1 saturated heterocycles. The number of H-pyrrole nitrogens is 1. The van der Waals surface area contributed by atoms with Crippen LogP contribution in [0.2, 0.25) is 0 Å². The number of aromatic amines is 1. The summed E-state index contributed by atoms with van der Waals surface area (Å²) in [6, 6.07) is 7.65. The second-order valence-electron chi connectivity index (χ2n) is 6.57. The Labute approximate surface area is 151 Å². The highest BCUT2D eigenvalue weighted by atomic mass is 16.5. The summed E-state index contributed by atoms with van der Waals surface area (Å²) in [7, 11) is 1.64. The Morgan fingerprint density at radius 1 is 1.27 bits per heavy atom. The number of piperidine rings is 1. The SMILES string of the molecule is COc1ccc(CC(=O)N2CCC[C@H](c3[nH]nc4nccnc34)C2)cc1. The van der Waals surface area contributed by atoms with E-state index in [9.17, 15) is 4.79 Å². The molecule has 1 aliphatic heterocycles. The number of likely N-dealkylation sites (tertiary alicyclic amines) is 1. The number of aromatic nitrogens is 4. The van der Waals surface area contributed by atoms with Crippen molar-refractivity contribution in [2.45, 2.75) is 25.2 Å². The fraction of sp³-hybridized carbons (Fsp3) is 0.368. The Morgan fingerprint density at radius 3 is 2.88 bits per heavy atom. The molecule has 0 unspecified atom stereocenters. The Kier molecular flexibility index (Phi) is 4.51. The molecule has 3 aromatic rings. The van der Waals surface area contributed by atoms with Crippen LogP contribution in [0.4, 0.5) is 0 Å². The molecule has 1 fully saturated rings. The molecule has 7 heteroatoms. The molecule has 1 N–H and O–H groups in total. The van der Waals surface area contributed by atoms with Gasteiger partial charge >= 0.3 is 0 Å². The van der Waals surface area contributed by atoms with Gasteiger partial charge in [-0.05, 0) is 30.5 Å². The monoisotopic (exact) mass is 351 g/mol. The molecule has 1 amide bonds. The lowest BCUT2D eigenvalue weighted by atomic mass is 9.94. The average molecular weight is 351 g/mol. The van der Waals surface area contributed by atoms with Crippen molar-refractivity contribution in [3.8, 4) is 5.75 Å². The van der Waals surface area contributed by atoms with E-state index in [-0.39, 0.29) is 11.8 Å². The number of amides is 1. The largest absolute Gasteiger partial charge is 0.497 e. The number of carbonyl (C=O) groups is 1. The normalized spacial score (nSPS) is 17.4. The number of hydrogen-bond acceptors (Lipinski definition) is 5. The smallest absolute Gasteiger partial charge is 0.227 e. The number of carbonyl (C=O) groups excluding carboxylic acids is 1. The first-order chi connectivity index (χ1) is 12.7. The summed E-state index contributed by atoms with van der Waals surface area (Å²) in [5, 5.41) is 7.31. The molecule has 0 saturated carbocycles. The van der Waals surface area contributed by atoms with Crippen molar-refractivity contribution in [2.24, 2.45) is 0 Å². The first kappa shape index (κ1) is 16.5. The van der Waals surface area contributed by atoms with Crippen LogP contribution >= 0.6 is 0 Å². The molecular weight excluding hydrogens is 330 g/mol. The highest BCUT2D eigenvalue weighted by molar-refractivity contribution is 5.79. The van der Waals surface area contributed by atoms with E-state index < -0.39 is 0 Å². The molecule has 1 atom stereocenters. The maximum atomic E-state index is 12.7. The number of benzene rings is 1. The Morgan fingerprint density at radius 2 is 2.08 bits per heavy atom. The number of fused-ring (bicyclic) bond motifs is 1. The lowest BCUT2D eigenvalue weighted by molar-refractivity contribution is -0.131. The first-order valence-corrected chi connectivity index (χ1v) is 8.80. The van der Waals surface area contributed by atoms with Gasteiger partial charge in [-0.15, -0.1) is 0 Å². The Hall–Kier alpha value is -2.96. The van der Waals surface area contributed by atoms with Gasteiger partial charge in [-0.1, -0.05) is 12.1 Å². The van der Waals surface area contributed by atoms with Crippen molar-refractivity contribution in [3.63, 3.8) is 0 Å². The van der Waals surface area contributed by atoms with Gasteiger partial charge in [0.05, 0.1) is 19.2 Å². The molecule has 0 bridgehead atoms. The van der Waals surface area contributed by atoms with Crippen molar-refractivity contribution >= 4 is 17.1 Å². The summed E-state index contributed by atoms with van der Waals surface area (Å²) in [5.74, 6) is 1.16. The van der Waals surface area contributed by atoms with Gasteiger partial charge < -0.3 is 9.64 Å². The third kappa shape index (κ3) is 3.24. The molecule has 1 aromatic carbocycles. The molecule has 7 nitrogen and oxygen atoms in total. The lowest BCUT2D eigenvalue weighted by Gasteiger charge is -2.32. The topological polar surface area (TPSA) is 84.0 Å². The van der Waals surface area contributed by atoms with Crippen LogP contribution in [0.5, 0.6) is 5.75 Å². The predicted molar refractivity (Wildman–Crippen MR) is 96.9 cm³/mol. The van der Waals surface area contributed by atoms with Gasteiger partial charge in [0.25, 0.3) is 0 Å². The molecule has 0 aliphatic carbocycles. The van der Waals surface area contributed by atoms with E-state index >= 15 is 0 Å². The van der Waals surface area contributed by atoms with Crippen LogP contribution < -0.4 is 4.74 Å². The summed E-state index contributed by atoms with van der Waals surface area (Å²) in [4.78, 5) is 23.3. The zero-order chi connectivity index (χ0) is 17.9. The molecule has 0 spiro atoms. The van der Waals surface area contributed by atoms with Gasteiger partial charge in [0.2, 0.25) is 5.91 Å². The second-order valence-corrected chi connectivity index (χ2v) is 6.57. The van der Waals surface area contributed by atoms with Crippen LogP contribution in [0.25, 0.3) is 11.2 Å². The van der Waals surface area contributed by atoms with Crippen LogP contribution in [0.15, 0.2) is 36.7 Å². The molecule has 4 rings (SSSR count). The van der Waals surface area contributed by atoms with Crippen molar-refractivity contribution < 1.29 is 9.53 Å². The average Bonchev–Trinajstić information content (AvgIpc) is 3.13. The highest BCUT2D eigenvalue weighted by Gasteiger charge is 2.27. The minimum Gasteiger partial charge on any atom is -0.497 e. The molecule has 134 valence electrons. The first-order valence-electron chi connectivity index (χ1n) is 8.80. The predicted octanol–water partition coefficient (Wildman–Crippen LogP) is 2.31. The molecule has 1 aliphatic rings. The minimum absolute atomic E-state index is 0.148. The van der Waals surface area contributed by atoms with Crippen LogP contribution in [0.3, 0.4) is 0 Å². The second kappa shape index (κ2) is 7.11. The maximum Gasteiger partial charge on any atom is 0.227 e. The molecular formula is C19H21N5O2. The minimum atomic E-state index is 0.148. The highest BCUT2D eigenvalue weighted by Crippen LogP contribution is 2.29. The van der Waals surface area contributed by atoms with Crippen LogP contribution in [-0.2, 0) is 11.2 Å². The van der Waals surface area contributed by atoms with E-state index in [4.69, 9.17) is 4.74 Å². The zero-order valence-electron chi connectivity index (χ0n) is 14.7. The number of hydrogen-bond donors (Lipinski definition) is 1. The van der Waals surface area contributed by atoms with E-state index in [1.54, 1.807) is 19.5 Å². The van der Waals surface area contributed by atoms with Gasteiger partial charge in [-0.25, -0.2) is 9.97 Å². The maximum absolute atomic E-state index is 12.7. The van der Waals surface area contributed by atoms with Gasteiger partial charge in [0, 0.05) is 31.4 Å². The third-order valence-electron chi connectivity index (χ3n) is 4.91. The summed E-state index contributed by atoms with van der Waals surface area (Å²) in [5.41, 5.74) is 3.41. The van der Waals surface area contributed by atoms with Crippen molar-refractivity contribution in [2.75, 3.05) is 20.2 Å². The van der Waals surface area contributed by atoms with Crippen LogP contribution in [0.1, 0.15) is 30.0 Å². The van der Waals surface area contributed by atoms with Crippen molar-refractivity contribution in [3.05, 3.63) is 47.9 Å². The van der Waals surface area contributed by atoms with E-state index in [1.807, 2.05) is 29.2 Å². The standard InChI is InChI=1S/C19H21N5O2/c1-26-15-6-4-13(5-7-15)11-16(25)24-10-2-3-14(12-24)17-18-19(23-22-17)21-9-8-20-18/h4-9,14H,2-3,10-12H2,1H3,(H,21,22,23)/t14-/m0/s1. The van der Waals surface area contributed by atoms with E-state index in [2.05, 4.69) is 20.2 Å². The van der Waals surface area contributed by atoms with E-state index in [0.29, 0.717) is 18.6 Å². The fourth-order valence-corrected chi connectivity index (χ4v) is 3.52. The summed E-state index contributed by atoms with van der Waals surface area (Å²) >= 11 is 0. The number of rotatable bonds is 4. The van der Waals surface area contributed by atoms with Crippen molar-refractivity contribution in [1.82, 2.24) is 25.1 Å². The fourth-order valence-electron chi connectivity index (χ4n) is 3.52. The van der Waals surface area contributed by atoms with Crippen LogP contribution in [0, 0.1) is 0 Å². The summed E-state index contributed by atoms with van der Waals surface area (Å²) in [6.07, 6.45) is 5.70. The lowest BCUT2D eigenvalue weighted by Crippen LogP contribution is -2.40. The van der Waals surface area contributed by atoms with Gasteiger partial charge in [-0.2, -0.15) is 5.10 Å². The van der Waals surface area contributed by atoms with Gasteiger partial charge in [0.1, 0.15) is 11.3 Å². The third-order valence-corrected chi connectivity index (χ3v) is 4.91. The number of methoxy groups -OCH3 is 1. The molecule has 3 heterocycles. The molecule has 0 radical (unpaired) electrons. The zero-order valence-corrected chi connectivity index (χ0v) is 14.7. The summed E-state index contributed by atoms with van der Waals surface area (Å²) in [6.45, 7) is 1.48. The van der Waals surface area contributed by atoms with Gasteiger partial charge in [0.15, 0.2) is 5.65 Å². The van der Waals surface area contributed by atoms with Crippen molar-refractivity contribution in [1.29, 1.82) is 0 Å².